The monoisotopic (exact) mass is 349 g/mol. The number of hydrogen-bond acceptors (Lipinski definition) is 3. The Morgan fingerprint density at radius 3 is 2.47 bits per heavy atom. The molecule has 0 saturated carbocycles. The predicted molar refractivity (Wildman–Crippen MR) is 80.2 cm³/mol. The molecule has 0 aliphatic rings. The fourth-order valence-electron chi connectivity index (χ4n) is 1.88. The summed E-state index contributed by atoms with van der Waals surface area (Å²) in [6.07, 6.45) is 1.72. The highest BCUT2D eigenvalue weighted by molar-refractivity contribution is 9.10. The molecule has 1 rings (SSSR count). The van der Waals surface area contributed by atoms with E-state index in [1.54, 1.807) is 0 Å². The van der Waals surface area contributed by atoms with E-state index in [0.29, 0.717) is 13.2 Å². The van der Waals surface area contributed by atoms with Crippen molar-refractivity contribution in [2.45, 2.75) is 26.4 Å². The minimum absolute atomic E-state index is 0.0127. The molecule has 0 spiro atoms. The fourth-order valence-corrected chi connectivity index (χ4v) is 3.06. The first-order valence-electron chi connectivity index (χ1n) is 6.23. The van der Waals surface area contributed by atoms with Gasteiger partial charge in [0.1, 0.15) is 0 Å². The molecule has 108 valence electrons. The first-order chi connectivity index (χ1) is 8.90. The molecule has 1 aromatic rings. The Hall–Kier alpha value is -0.430. The van der Waals surface area contributed by atoms with Gasteiger partial charge in [0.15, 0.2) is 0 Å². The molecule has 0 radical (unpaired) electrons. The zero-order valence-corrected chi connectivity index (χ0v) is 13.4. The third kappa shape index (κ3) is 7.67. The maximum absolute atomic E-state index is 11.1. The molecule has 4 nitrogen and oxygen atoms in total. The predicted octanol–water partition coefficient (Wildman–Crippen LogP) is 2.67. The molecule has 0 amide bonds. The lowest BCUT2D eigenvalue weighted by Crippen LogP contribution is -2.26. The van der Waals surface area contributed by atoms with Crippen molar-refractivity contribution in [3.8, 4) is 0 Å². The third-order valence-electron chi connectivity index (χ3n) is 2.70. The smallest absolute Gasteiger partial charge is 0.209 e. The van der Waals surface area contributed by atoms with Gasteiger partial charge in [-0.3, -0.25) is 0 Å². The van der Waals surface area contributed by atoms with Crippen LogP contribution in [0.5, 0.6) is 0 Å². The number of sulfonamides is 1. The SMILES string of the molecule is CCCC(COCc1ccc(Br)cc1)CS(N)(=O)=O. The van der Waals surface area contributed by atoms with Crippen LogP contribution in [0.2, 0.25) is 0 Å². The zero-order valence-electron chi connectivity index (χ0n) is 11.0. The summed E-state index contributed by atoms with van der Waals surface area (Å²) >= 11 is 3.37. The van der Waals surface area contributed by atoms with Crippen LogP contribution in [-0.4, -0.2) is 20.8 Å². The quantitative estimate of drug-likeness (QED) is 0.784. The summed E-state index contributed by atoms with van der Waals surface area (Å²) in [5.41, 5.74) is 1.06. The van der Waals surface area contributed by atoms with Gasteiger partial charge in [-0.05, 0) is 30.0 Å². The normalized spacial score (nSPS) is 13.4. The highest BCUT2D eigenvalue weighted by Gasteiger charge is 2.15. The Kier molecular flexibility index (Phi) is 6.99. The van der Waals surface area contributed by atoms with Crippen molar-refractivity contribution in [2.75, 3.05) is 12.4 Å². The number of benzene rings is 1. The number of rotatable bonds is 8. The van der Waals surface area contributed by atoms with E-state index in [1.165, 1.54) is 0 Å². The van der Waals surface area contributed by atoms with E-state index in [2.05, 4.69) is 15.9 Å². The van der Waals surface area contributed by atoms with E-state index in [9.17, 15) is 8.42 Å². The molecule has 0 saturated heterocycles. The standard InChI is InChI=1S/C13H20BrNO3S/c1-2-3-12(10-19(15,16)17)9-18-8-11-4-6-13(14)7-5-11/h4-7,12H,2-3,8-10H2,1H3,(H2,15,16,17). The second-order valence-electron chi connectivity index (χ2n) is 4.63. The molecule has 1 aromatic carbocycles. The van der Waals surface area contributed by atoms with Gasteiger partial charge in [0, 0.05) is 4.47 Å². The van der Waals surface area contributed by atoms with Crippen molar-refractivity contribution >= 4 is 26.0 Å². The average Bonchev–Trinajstić information content (AvgIpc) is 2.30. The molecule has 0 bridgehead atoms. The topological polar surface area (TPSA) is 69.4 Å². The van der Waals surface area contributed by atoms with Gasteiger partial charge in [-0.15, -0.1) is 0 Å². The second-order valence-corrected chi connectivity index (χ2v) is 7.20. The largest absolute Gasteiger partial charge is 0.376 e. The van der Waals surface area contributed by atoms with Crippen molar-refractivity contribution < 1.29 is 13.2 Å². The first-order valence-corrected chi connectivity index (χ1v) is 8.74. The van der Waals surface area contributed by atoms with E-state index in [1.807, 2.05) is 31.2 Å². The fraction of sp³-hybridized carbons (Fsp3) is 0.538. The van der Waals surface area contributed by atoms with Gasteiger partial charge >= 0.3 is 0 Å². The summed E-state index contributed by atoms with van der Waals surface area (Å²) in [5, 5.41) is 5.08. The van der Waals surface area contributed by atoms with Crippen molar-refractivity contribution in [3.05, 3.63) is 34.3 Å². The Balaban J connectivity index is 2.41. The van der Waals surface area contributed by atoms with Crippen molar-refractivity contribution in [1.82, 2.24) is 0 Å². The molecular weight excluding hydrogens is 330 g/mol. The molecular formula is C13H20BrNO3S. The van der Waals surface area contributed by atoms with Gasteiger partial charge < -0.3 is 4.74 Å². The summed E-state index contributed by atoms with van der Waals surface area (Å²) < 4.78 is 28.8. The molecule has 0 aliphatic heterocycles. The lowest BCUT2D eigenvalue weighted by atomic mass is 10.1. The number of ether oxygens (including phenoxy) is 1. The number of hydrogen-bond donors (Lipinski definition) is 1. The van der Waals surface area contributed by atoms with Crippen LogP contribution in [0.15, 0.2) is 28.7 Å². The van der Waals surface area contributed by atoms with Crippen LogP contribution in [0.3, 0.4) is 0 Å². The lowest BCUT2D eigenvalue weighted by Gasteiger charge is -2.15. The molecule has 19 heavy (non-hydrogen) atoms. The zero-order chi connectivity index (χ0) is 14.3. The average molecular weight is 350 g/mol. The summed E-state index contributed by atoms with van der Waals surface area (Å²) in [6.45, 7) is 2.92. The van der Waals surface area contributed by atoms with Gasteiger partial charge in [-0.2, -0.15) is 0 Å². The summed E-state index contributed by atoms with van der Waals surface area (Å²) in [4.78, 5) is 0. The van der Waals surface area contributed by atoms with Gasteiger partial charge in [0.05, 0.1) is 19.0 Å². The Morgan fingerprint density at radius 2 is 1.95 bits per heavy atom. The van der Waals surface area contributed by atoms with Crippen LogP contribution in [0.25, 0.3) is 0 Å². The molecule has 1 atom stereocenters. The molecule has 6 heteroatoms. The van der Waals surface area contributed by atoms with E-state index in [0.717, 1.165) is 22.9 Å². The first kappa shape index (κ1) is 16.6. The molecule has 0 fully saturated rings. The Labute approximate surface area is 123 Å². The third-order valence-corrected chi connectivity index (χ3v) is 4.17. The van der Waals surface area contributed by atoms with Crippen LogP contribution in [0, 0.1) is 5.92 Å². The molecule has 2 N–H and O–H groups in total. The van der Waals surface area contributed by atoms with E-state index in [-0.39, 0.29) is 11.7 Å². The van der Waals surface area contributed by atoms with Crippen LogP contribution < -0.4 is 5.14 Å². The highest BCUT2D eigenvalue weighted by Crippen LogP contribution is 2.13. The molecule has 0 heterocycles. The summed E-state index contributed by atoms with van der Waals surface area (Å²) in [7, 11) is -3.43. The maximum Gasteiger partial charge on any atom is 0.209 e. The van der Waals surface area contributed by atoms with Crippen LogP contribution in [-0.2, 0) is 21.4 Å². The minimum Gasteiger partial charge on any atom is -0.376 e. The lowest BCUT2D eigenvalue weighted by molar-refractivity contribution is 0.0901. The second kappa shape index (κ2) is 7.99. The van der Waals surface area contributed by atoms with Crippen LogP contribution in [0.4, 0.5) is 0 Å². The molecule has 0 aliphatic carbocycles. The Bertz CT molecular complexity index is 473. The van der Waals surface area contributed by atoms with E-state index >= 15 is 0 Å². The van der Waals surface area contributed by atoms with Crippen molar-refractivity contribution in [3.63, 3.8) is 0 Å². The summed E-state index contributed by atoms with van der Waals surface area (Å²) in [6, 6.07) is 7.84. The van der Waals surface area contributed by atoms with Gasteiger partial charge in [-0.25, -0.2) is 13.6 Å². The minimum atomic E-state index is -3.43. The van der Waals surface area contributed by atoms with Gasteiger partial charge in [-0.1, -0.05) is 41.4 Å². The number of primary sulfonamides is 1. The number of halogens is 1. The Morgan fingerprint density at radius 1 is 1.32 bits per heavy atom. The van der Waals surface area contributed by atoms with Crippen molar-refractivity contribution in [2.24, 2.45) is 11.1 Å². The van der Waals surface area contributed by atoms with Crippen LogP contribution >= 0.6 is 15.9 Å². The highest BCUT2D eigenvalue weighted by atomic mass is 79.9. The van der Waals surface area contributed by atoms with Crippen LogP contribution in [0.1, 0.15) is 25.3 Å². The van der Waals surface area contributed by atoms with Crippen molar-refractivity contribution in [1.29, 1.82) is 0 Å². The number of nitrogens with two attached hydrogens (primary N) is 1. The maximum atomic E-state index is 11.1. The summed E-state index contributed by atoms with van der Waals surface area (Å²) in [5.74, 6) is -0.0447. The van der Waals surface area contributed by atoms with E-state index in [4.69, 9.17) is 9.88 Å². The van der Waals surface area contributed by atoms with Gasteiger partial charge in [0.2, 0.25) is 10.0 Å². The molecule has 1 unspecified atom stereocenters. The van der Waals surface area contributed by atoms with Gasteiger partial charge in [0.25, 0.3) is 0 Å². The van der Waals surface area contributed by atoms with E-state index < -0.39 is 10.0 Å². The molecule has 0 aromatic heterocycles.